The smallest absolute Gasteiger partial charge is 0.123 e. The lowest BCUT2D eigenvalue weighted by Gasteiger charge is -2.16. The minimum Gasteiger partial charge on any atom is -0.494 e. The third-order valence-corrected chi connectivity index (χ3v) is 4.65. The van der Waals surface area contributed by atoms with Gasteiger partial charge in [0.2, 0.25) is 0 Å². The van der Waals surface area contributed by atoms with Crippen molar-refractivity contribution in [3.63, 3.8) is 0 Å². The Morgan fingerprint density at radius 3 is 2.65 bits per heavy atom. The molecule has 0 radical (unpaired) electrons. The van der Waals surface area contributed by atoms with Crippen molar-refractivity contribution in [3.05, 3.63) is 63.1 Å². The molecule has 2 aromatic carbocycles. The molecule has 0 aliphatic carbocycles. The van der Waals surface area contributed by atoms with Gasteiger partial charge in [0.15, 0.2) is 0 Å². The Kier molecular flexibility index (Phi) is 5.94. The molecular weight excluding hydrogens is 403 g/mol. The molecule has 0 saturated heterocycles. The van der Waals surface area contributed by atoms with Crippen LogP contribution in [0.4, 0.5) is 0 Å². The van der Waals surface area contributed by atoms with Crippen LogP contribution in [-0.2, 0) is 6.42 Å². The van der Waals surface area contributed by atoms with Crippen molar-refractivity contribution >= 4 is 43.5 Å². The Morgan fingerprint density at radius 2 is 1.95 bits per heavy atom. The SMILES string of the molecule is CCOc1ccc(Br)cc1C(Br)Cc1ccccc1Cl. The lowest BCUT2D eigenvalue weighted by Crippen LogP contribution is -2.01. The zero-order valence-corrected chi connectivity index (χ0v) is 15.0. The molecule has 0 bridgehead atoms. The Morgan fingerprint density at radius 1 is 1.20 bits per heavy atom. The summed E-state index contributed by atoms with van der Waals surface area (Å²) in [6.07, 6.45) is 0.816. The highest BCUT2D eigenvalue weighted by molar-refractivity contribution is 9.10. The number of ether oxygens (including phenoxy) is 1. The first-order valence-electron chi connectivity index (χ1n) is 6.41. The van der Waals surface area contributed by atoms with Crippen LogP contribution in [-0.4, -0.2) is 6.61 Å². The third kappa shape index (κ3) is 4.00. The summed E-state index contributed by atoms with van der Waals surface area (Å²) >= 11 is 13.5. The van der Waals surface area contributed by atoms with Crippen molar-refractivity contribution in [2.45, 2.75) is 18.2 Å². The molecular formula is C16H15Br2ClO. The molecule has 20 heavy (non-hydrogen) atoms. The molecule has 4 heteroatoms. The summed E-state index contributed by atoms with van der Waals surface area (Å²) in [6, 6.07) is 14.0. The van der Waals surface area contributed by atoms with Crippen LogP contribution in [0.15, 0.2) is 46.9 Å². The fourth-order valence-electron chi connectivity index (χ4n) is 2.02. The summed E-state index contributed by atoms with van der Waals surface area (Å²) in [5, 5.41) is 0.796. The van der Waals surface area contributed by atoms with Crippen LogP contribution in [0.1, 0.15) is 22.9 Å². The predicted octanol–water partition coefficient (Wildman–Crippen LogP) is 6.18. The number of halogens is 3. The number of hydrogen-bond acceptors (Lipinski definition) is 1. The monoisotopic (exact) mass is 416 g/mol. The quantitative estimate of drug-likeness (QED) is 0.527. The van der Waals surface area contributed by atoms with Gasteiger partial charge in [-0.1, -0.05) is 61.7 Å². The fraction of sp³-hybridized carbons (Fsp3) is 0.250. The van der Waals surface area contributed by atoms with Crippen molar-refractivity contribution in [2.24, 2.45) is 0 Å². The second kappa shape index (κ2) is 7.48. The predicted molar refractivity (Wildman–Crippen MR) is 92.1 cm³/mol. The van der Waals surface area contributed by atoms with E-state index in [2.05, 4.69) is 44.0 Å². The minimum absolute atomic E-state index is 0.154. The van der Waals surface area contributed by atoms with Gasteiger partial charge in [0.05, 0.1) is 6.61 Å². The normalized spacial score (nSPS) is 12.2. The second-order valence-corrected chi connectivity index (χ2v) is 6.81. The highest BCUT2D eigenvalue weighted by Crippen LogP contribution is 2.36. The summed E-state index contributed by atoms with van der Waals surface area (Å²) in [5.74, 6) is 0.907. The summed E-state index contributed by atoms with van der Waals surface area (Å²) in [7, 11) is 0. The Bertz CT molecular complexity index is 586. The fourth-order valence-corrected chi connectivity index (χ4v) is 3.32. The number of hydrogen-bond donors (Lipinski definition) is 0. The van der Waals surface area contributed by atoms with Gasteiger partial charge in [-0.3, -0.25) is 0 Å². The van der Waals surface area contributed by atoms with E-state index in [9.17, 15) is 0 Å². The zero-order valence-electron chi connectivity index (χ0n) is 11.1. The maximum atomic E-state index is 6.23. The lowest BCUT2D eigenvalue weighted by atomic mass is 10.0. The van der Waals surface area contributed by atoms with E-state index in [4.69, 9.17) is 16.3 Å². The summed E-state index contributed by atoms with van der Waals surface area (Å²) in [6.45, 7) is 2.64. The van der Waals surface area contributed by atoms with Gasteiger partial charge < -0.3 is 4.74 Å². The highest BCUT2D eigenvalue weighted by atomic mass is 79.9. The van der Waals surface area contributed by atoms with Crippen molar-refractivity contribution in [1.82, 2.24) is 0 Å². The third-order valence-electron chi connectivity index (χ3n) is 2.97. The lowest BCUT2D eigenvalue weighted by molar-refractivity contribution is 0.336. The maximum absolute atomic E-state index is 6.23. The van der Waals surface area contributed by atoms with E-state index in [1.54, 1.807) is 0 Å². The molecule has 0 fully saturated rings. The molecule has 2 rings (SSSR count). The minimum atomic E-state index is 0.154. The van der Waals surface area contributed by atoms with Crippen LogP contribution < -0.4 is 4.74 Å². The standard InChI is InChI=1S/C16H15Br2ClO/c1-2-20-16-8-7-12(17)10-13(16)14(18)9-11-5-3-4-6-15(11)19/h3-8,10,14H,2,9H2,1H3. The van der Waals surface area contributed by atoms with Gasteiger partial charge in [-0.2, -0.15) is 0 Å². The molecule has 0 N–H and O–H groups in total. The van der Waals surface area contributed by atoms with E-state index in [0.717, 1.165) is 32.8 Å². The van der Waals surface area contributed by atoms with Crippen LogP contribution in [0.5, 0.6) is 5.75 Å². The molecule has 2 aromatic rings. The van der Waals surface area contributed by atoms with E-state index in [-0.39, 0.29) is 4.83 Å². The Balaban J connectivity index is 2.26. The number of benzene rings is 2. The van der Waals surface area contributed by atoms with Crippen LogP contribution in [0.3, 0.4) is 0 Å². The average molecular weight is 419 g/mol. The van der Waals surface area contributed by atoms with E-state index >= 15 is 0 Å². The Hall–Kier alpha value is -0.510. The molecule has 106 valence electrons. The number of alkyl halides is 1. The van der Waals surface area contributed by atoms with Crippen LogP contribution in [0.25, 0.3) is 0 Å². The van der Waals surface area contributed by atoms with Gasteiger partial charge in [0, 0.05) is 19.9 Å². The van der Waals surface area contributed by atoms with Gasteiger partial charge in [0.1, 0.15) is 5.75 Å². The zero-order chi connectivity index (χ0) is 14.5. The number of rotatable bonds is 5. The van der Waals surface area contributed by atoms with Crippen LogP contribution in [0, 0.1) is 0 Å². The molecule has 0 spiro atoms. The molecule has 1 atom stereocenters. The van der Waals surface area contributed by atoms with Crippen molar-refractivity contribution in [3.8, 4) is 5.75 Å². The molecule has 0 aromatic heterocycles. The van der Waals surface area contributed by atoms with Gasteiger partial charge in [-0.15, -0.1) is 0 Å². The summed E-state index contributed by atoms with van der Waals surface area (Å²) in [5.41, 5.74) is 2.25. The topological polar surface area (TPSA) is 9.23 Å². The van der Waals surface area contributed by atoms with E-state index in [1.165, 1.54) is 0 Å². The molecule has 1 nitrogen and oxygen atoms in total. The second-order valence-electron chi connectivity index (χ2n) is 4.38. The van der Waals surface area contributed by atoms with Crippen LogP contribution in [0.2, 0.25) is 5.02 Å². The summed E-state index contributed by atoms with van der Waals surface area (Å²) < 4.78 is 6.74. The molecule has 0 saturated carbocycles. The first-order chi connectivity index (χ1) is 9.61. The van der Waals surface area contributed by atoms with Crippen molar-refractivity contribution in [2.75, 3.05) is 6.61 Å². The van der Waals surface area contributed by atoms with Crippen molar-refractivity contribution in [1.29, 1.82) is 0 Å². The van der Waals surface area contributed by atoms with Gasteiger partial charge >= 0.3 is 0 Å². The van der Waals surface area contributed by atoms with Gasteiger partial charge in [-0.05, 0) is 43.2 Å². The first kappa shape index (κ1) is 15.9. The largest absolute Gasteiger partial charge is 0.494 e. The molecule has 0 amide bonds. The first-order valence-corrected chi connectivity index (χ1v) is 8.50. The summed E-state index contributed by atoms with van der Waals surface area (Å²) in [4.78, 5) is 0.154. The van der Waals surface area contributed by atoms with Crippen molar-refractivity contribution < 1.29 is 4.74 Å². The maximum Gasteiger partial charge on any atom is 0.123 e. The molecule has 0 aliphatic heterocycles. The highest BCUT2D eigenvalue weighted by Gasteiger charge is 2.15. The van der Waals surface area contributed by atoms with E-state index < -0.39 is 0 Å². The Labute approximate surface area is 141 Å². The molecule has 1 unspecified atom stereocenters. The van der Waals surface area contributed by atoms with Gasteiger partial charge in [-0.25, -0.2) is 0 Å². The molecule has 0 heterocycles. The van der Waals surface area contributed by atoms with E-state index in [1.807, 2.05) is 37.3 Å². The van der Waals surface area contributed by atoms with Crippen LogP contribution >= 0.6 is 43.5 Å². The molecule has 0 aliphatic rings. The van der Waals surface area contributed by atoms with E-state index in [0.29, 0.717) is 6.61 Å². The van der Waals surface area contributed by atoms with Gasteiger partial charge in [0.25, 0.3) is 0 Å². The average Bonchev–Trinajstić information content (AvgIpc) is 2.43.